The van der Waals surface area contributed by atoms with E-state index in [-0.39, 0.29) is 29.9 Å². The summed E-state index contributed by atoms with van der Waals surface area (Å²) in [6, 6.07) is 5.85. The molecule has 0 unspecified atom stereocenters. The maximum absolute atomic E-state index is 12.3. The minimum atomic E-state index is -2.87. The highest BCUT2D eigenvalue weighted by atomic mass is 19.3. The summed E-state index contributed by atoms with van der Waals surface area (Å²) < 4.78 is 40.2. The predicted molar refractivity (Wildman–Crippen MR) is 91.5 cm³/mol. The molecule has 3 rings (SSSR count). The SMILES string of the molecule is CO[C@@H]1CN(CC(=O)Nc2ccc(OC(F)F)cc2)CC[C@]12CCCO2. The van der Waals surface area contributed by atoms with Crippen molar-refractivity contribution in [1.29, 1.82) is 0 Å². The number of rotatable bonds is 6. The second-order valence-electron chi connectivity index (χ2n) is 6.68. The molecule has 26 heavy (non-hydrogen) atoms. The summed E-state index contributed by atoms with van der Waals surface area (Å²) in [5.74, 6) is -0.107. The molecule has 1 spiro atoms. The van der Waals surface area contributed by atoms with Crippen molar-refractivity contribution in [2.75, 3.05) is 38.7 Å². The topological polar surface area (TPSA) is 60.0 Å². The van der Waals surface area contributed by atoms with Crippen LogP contribution in [-0.4, -0.2) is 62.5 Å². The van der Waals surface area contributed by atoms with Crippen molar-refractivity contribution in [3.63, 3.8) is 0 Å². The minimum Gasteiger partial charge on any atom is -0.435 e. The number of amides is 1. The van der Waals surface area contributed by atoms with Gasteiger partial charge in [0.05, 0.1) is 18.2 Å². The van der Waals surface area contributed by atoms with Crippen molar-refractivity contribution in [2.45, 2.75) is 37.6 Å². The molecule has 1 aromatic rings. The molecule has 1 N–H and O–H groups in total. The number of halogens is 2. The number of benzene rings is 1. The Labute approximate surface area is 151 Å². The summed E-state index contributed by atoms with van der Waals surface area (Å²) in [5.41, 5.74) is 0.329. The third-order valence-corrected chi connectivity index (χ3v) is 5.01. The summed E-state index contributed by atoms with van der Waals surface area (Å²) in [6.45, 7) is -0.438. The van der Waals surface area contributed by atoms with Gasteiger partial charge in [-0.05, 0) is 43.5 Å². The molecule has 0 radical (unpaired) electrons. The summed E-state index contributed by atoms with van der Waals surface area (Å²) >= 11 is 0. The number of likely N-dealkylation sites (tertiary alicyclic amines) is 1. The summed E-state index contributed by atoms with van der Waals surface area (Å²) in [7, 11) is 1.68. The standard InChI is InChI=1S/C18H24F2N2O4/c1-24-15-11-22(9-8-18(15)7-2-10-25-18)12-16(23)21-13-3-5-14(6-4-13)26-17(19)20/h3-6,15,17H,2,7-12H2,1H3,(H,21,23)/t15-,18-/m1/s1. The molecule has 6 nitrogen and oxygen atoms in total. The highest BCUT2D eigenvalue weighted by molar-refractivity contribution is 5.92. The molecular formula is C18H24F2N2O4. The van der Waals surface area contributed by atoms with Gasteiger partial charge in [-0.15, -0.1) is 0 Å². The number of hydrogen-bond donors (Lipinski definition) is 1. The van der Waals surface area contributed by atoms with E-state index in [0.29, 0.717) is 12.2 Å². The Hall–Kier alpha value is -1.77. The van der Waals surface area contributed by atoms with Crippen LogP contribution in [0.1, 0.15) is 19.3 Å². The average Bonchev–Trinajstić information content (AvgIpc) is 3.07. The van der Waals surface area contributed by atoms with Gasteiger partial charge in [0.2, 0.25) is 5.91 Å². The number of nitrogens with zero attached hydrogens (tertiary/aromatic N) is 1. The molecule has 2 atom stereocenters. The number of carbonyl (C=O) groups is 1. The van der Waals surface area contributed by atoms with Gasteiger partial charge in [0.25, 0.3) is 0 Å². The van der Waals surface area contributed by atoms with Crippen molar-refractivity contribution < 1.29 is 27.8 Å². The van der Waals surface area contributed by atoms with E-state index in [0.717, 1.165) is 32.4 Å². The van der Waals surface area contributed by atoms with Crippen molar-refractivity contribution in [3.05, 3.63) is 24.3 Å². The zero-order chi connectivity index (χ0) is 18.6. The Morgan fingerprint density at radius 2 is 2.15 bits per heavy atom. The second-order valence-corrected chi connectivity index (χ2v) is 6.68. The lowest BCUT2D eigenvalue weighted by Gasteiger charge is -2.44. The molecule has 0 bridgehead atoms. The maximum Gasteiger partial charge on any atom is 0.387 e. The highest BCUT2D eigenvalue weighted by Gasteiger charge is 2.46. The molecule has 2 heterocycles. The Balaban J connectivity index is 1.50. The number of hydrogen-bond acceptors (Lipinski definition) is 5. The van der Waals surface area contributed by atoms with E-state index in [9.17, 15) is 13.6 Å². The minimum absolute atomic E-state index is 0.0441. The lowest BCUT2D eigenvalue weighted by molar-refractivity contribution is -0.145. The number of carbonyl (C=O) groups excluding carboxylic acids is 1. The fourth-order valence-corrected chi connectivity index (χ4v) is 3.73. The van der Waals surface area contributed by atoms with Crippen LogP contribution < -0.4 is 10.1 Å². The van der Waals surface area contributed by atoms with Crippen LogP contribution >= 0.6 is 0 Å². The highest BCUT2D eigenvalue weighted by Crippen LogP contribution is 2.37. The fraction of sp³-hybridized carbons (Fsp3) is 0.611. The molecule has 1 amide bonds. The Kier molecular flexibility index (Phi) is 6.05. The molecular weight excluding hydrogens is 346 g/mol. The van der Waals surface area contributed by atoms with Crippen LogP contribution in [0.25, 0.3) is 0 Å². The Bertz CT molecular complexity index is 606. The van der Waals surface area contributed by atoms with Gasteiger partial charge in [0.15, 0.2) is 0 Å². The number of nitrogens with one attached hydrogen (secondary N) is 1. The molecule has 2 fully saturated rings. The second kappa shape index (κ2) is 8.28. The first-order valence-electron chi connectivity index (χ1n) is 8.74. The molecule has 144 valence electrons. The number of piperidine rings is 1. The molecule has 1 aromatic carbocycles. The van der Waals surface area contributed by atoms with Crippen molar-refractivity contribution >= 4 is 11.6 Å². The number of methoxy groups -OCH3 is 1. The predicted octanol–water partition coefficient (Wildman–Crippen LogP) is 2.50. The van der Waals surface area contributed by atoms with Crippen LogP contribution in [-0.2, 0) is 14.3 Å². The maximum atomic E-state index is 12.3. The van der Waals surface area contributed by atoms with Gasteiger partial charge in [-0.3, -0.25) is 9.69 Å². The van der Waals surface area contributed by atoms with E-state index in [1.54, 1.807) is 7.11 Å². The zero-order valence-electron chi connectivity index (χ0n) is 14.7. The first-order valence-corrected chi connectivity index (χ1v) is 8.74. The lowest BCUT2D eigenvalue weighted by Crippen LogP contribution is -2.57. The fourth-order valence-electron chi connectivity index (χ4n) is 3.73. The summed E-state index contributed by atoms with van der Waals surface area (Å²) in [6.07, 6.45) is 2.85. The third-order valence-electron chi connectivity index (χ3n) is 5.01. The van der Waals surface area contributed by atoms with Crippen LogP contribution in [0, 0.1) is 0 Å². The third kappa shape index (κ3) is 4.49. The van der Waals surface area contributed by atoms with E-state index in [1.165, 1.54) is 24.3 Å². The largest absolute Gasteiger partial charge is 0.435 e. The van der Waals surface area contributed by atoms with Crippen LogP contribution in [0.5, 0.6) is 5.75 Å². The molecule has 2 aliphatic rings. The lowest BCUT2D eigenvalue weighted by atomic mass is 9.86. The average molecular weight is 370 g/mol. The van der Waals surface area contributed by atoms with Gasteiger partial charge in [-0.1, -0.05) is 0 Å². The first kappa shape index (κ1) is 19.0. The monoisotopic (exact) mass is 370 g/mol. The number of alkyl halides is 2. The van der Waals surface area contributed by atoms with Crippen molar-refractivity contribution in [3.8, 4) is 5.75 Å². The van der Waals surface area contributed by atoms with Gasteiger partial charge in [0, 0.05) is 32.5 Å². The van der Waals surface area contributed by atoms with Crippen LogP contribution in [0.4, 0.5) is 14.5 Å². The Morgan fingerprint density at radius 1 is 1.38 bits per heavy atom. The number of anilines is 1. The molecule has 0 aromatic heterocycles. The quantitative estimate of drug-likeness (QED) is 0.834. The molecule has 0 saturated carbocycles. The van der Waals surface area contributed by atoms with Crippen molar-refractivity contribution in [1.82, 2.24) is 4.90 Å². The molecule has 2 aliphatic heterocycles. The van der Waals surface area contributed by atoms with E-state index < -0.39 is 6.61 Å². The van der Waals surface area contributed by atoms with Gasteiger partial charge in [-0.25, -0.2) is 0 Å². The molecule has 2 saturated heterocycles. The normalized spacial score (nSPS) is 26.4. The van der Waals surface area contributed by atoms with E-state index in [1.807, 2.05) is 4.90 Å². The molecule has 8 heteroatoms. The van der Waals surface area contributed by atoms with Gasteiger partial charge < -0.3 is 19.5 Å². The van der Waals surface area contributed by atoms with E-state index in [4.69, 9.17) is 9.47 Å². The van der Waals surface area contributed by atoms with E-state index >= 15 is 0 Å². The van der Waals surface area contributed by atoms with E-state index in [2.05, 4.69) is 10.1 Å². The van der Waals surface area contributed by atoms with Gasteiger partial charge in [0.1, 0.15) is 5.75 Å². The number of ether oxygens (including phenoxy) is 3. The molecule has 0 aliphatic carbocycles. The van der Waals surface area contributed by atoms with Crippen molar-refractivity contribution in [2.24, 2.45) is 0 Å². The van der Waals surface area contributed by atoms with Crippen LogP contribution in [0.3, 0.4) is 0 Å². The van der Waals surface area contributed by atoms with Crippen LogP contribution in [0.2, 0.25) is 0 Å². The summed E-state index contributed by atoms with van der Waals surface area (Å²) in [4.78, 5) is 14.3. The Morgan fingerprint density at radius 3 is 2.77 bits per heavy atom. The zero-order valence-corrected chi connectivity index (χ0v) is 14.7. The van der Waals surface area contributed by atoms with Crippen LogP contribution in [0.15, 0.2) is 24.3 Å². The van der Waals surface area contributed by atoms with Gasteiger partial charge in [-0.2, -0.15) is 8.78 Å². The van der Waals surface area contributed by atoms with Gasteiger partial charge >= 0.3 is 6.61 Å². The smallest absolute Gasteiger partial charge is 0.387 e. The first-order chi connectivity index (χ1) is 12.5. The summed E-state index contributed by atoms with van der Waals surface area (Å²) in [5, 5.41) is 2.77.